The van der Waals surface area contributed by atoms with Crippen LogP contribution in [0.2, 0.25) is 0 Å². The summed E-state index contributed by atoms with van der Waals surface area (Å²) in [5, 5.41) is 15.1. The number of hydrogen-bond donors (Lipinski definition) is 1. The standard InChI is InChI=1S/C14H15BrN2O/c1-17-7-5-13(16-17)14(18)6-4-10-8-12(15)3-2-11(10)9-14/h2-3,5,7-8,18H,4,6,9H2,1H3. The van der Waals surface area contributed by atoms with Crippen LogP contribution in [0.15, 0.2) is 34.9 Å². The summed E-state index contributed by atoms with van der Waals surface area (Å²) in [6, 6.07) is 8.17. The van der Waals surface area contributed by atoms with Crippen molar-refractivity contribution in [2.24, 2.45) is 7.05 Å². The Hall–Kier alpha value is -1.13. The zero-order valence-corrected chi connectivity index (χ0v) is 11.8. The predicted molar refractivity (Wildman–Crippen MR) is 73.3 cm³/mol. The first-order chi connectivity index (χ1) is 8.57. The lowest BCUT2D eigenvalue weighted by Crippen LogP contribution is -2.33. The first-order valence-corrected chi connectivity index (χ1v) is 6.86. The van der Waals surface area contributed by atoms with Gasteiger partial charge < -0.3 is 5.11 Å². The molecule has 0 bridgehead atoms. The molecule has 1 unspecified atom stereocenters. The largest absolute Gasteiger partial charge is 0.383 e. The lowest BCUT2D eigenvalue weighted by Gasteiger charge is -2.32. The quantitative estimate of drug-likeness (QED) is 0.879. The normalized spacial score (nSPS) is 22.8. The van der Waals surface area contributed by atoms with E-state index in [1.165, 1.54) is 11.1 Å². The minimum absolute atomic E-state index is 0.645. The number of aryl methyl sites for hydroxylation is 2. The summed E-state index contributed by atoms with van der Waals surface area (Å²) in [4.78, 5) is 0. The molecule has 18 heavy (non-hydrogen) atoms. The number of rotatable bonds is 1. The number of nitrogens with zero attached hydrogens (tertiary/aromatic N) is 2. The van der Waals surface area contributed by atoms with Gasteiger partial charge in [0.15, 0.2) is 0 Å². The minimum atomic E-state index is -0.817. The highest BCUT2D eigenvalue weighted by atomic mass is 79.9. The van der Waals surface area contributed by atoms with Gasteiger partial charge in [-0.25, -0.2) is 0 Å². The third-order valence-corrected chi connectivity index (χ3v) is 4.14. The van der Waals surface area contributed by atoms with Crippen LogP contribution < -0.4 is 0 Å². The van der Waals surface area contributed by atoms with Gasteiger partial charge in [0.1, 0.15) is 5.60 Å². The zero-order valence-electron chi connectivity index (χ0n) is 10.2. The molecule has 0 spiro atoms. The Morgan fingerprint density at radius 1 is 1.33 bits per heavy atom. The van der Waals surface area contributed by atoms with E-state index in [0.717, 1.165) is 23.0 Å². The van der Waals surface area contributed by atoms with Crippen LogP contribution in [0, 0.1) is 0 Å². The fraction of sp³-hybridized carbons (Fsp3) is 0.357. The number of fused-ring (bicyclic) bond motifs is 1. The second kappa shape index (κ2) is 4.21. The summed E-state index contributed by atoms with van der Waals surface area (Å²) in [6.45, 7) is 0. The average Bonchev–Trinajstić information content (AvgIpc) is 2.77. The molecule has 1 aliphatic carbocycles. The van der Waals surface area contributed by atoms with E-state index < -0.39 is 5.60 Å². The van der Waals surface area contributed by atoms with Crippen LogP contribution in [0.3, 0.4) is 0 Å². The molecule has 0 amide bonds. The SMILES string of the molecule is Cn1ccc(C2(O)CCc3cc(Br)ccc3C2)n1. The first-order valence-electron chi connectivity index (χ1n) is 6.07. The maximum absolute atomic E-state index is 10.8. The average molecular weight is 307 g/mol. The number of benzene rings is 1. The van der Waals surface area contributed by atoms with Crippen LogP contribution in [0.5, 0.6) is 0 Å². The third kappa shape index (κ3) is 1.99. The number of hydrogen-bond acceptors (Lipinski definition) is 2. The van der Waals surface area contributed by atoms with E-state index in [0.29, 0.717) is 6.42 Å². The highest BCUT2D eigenvalue weighted by Gasteiger charge is 2.35. The molecule has 1 N–H and O–H groups in total. The van der Waals surface area contributed by atoms with E-state index >= 15 is 0 Å². The molecule has 3 rings (SSSR count). The van der Waals surface area contributed by atoms with Crippen molar-refractivity contribution in [3.05, 3.63) is 51.8 Å². The van der Waals surface area contributed by atoms with E-state index in [2.05, 4.69) is 33.2 Å². The molecule has 1 heterocycles. The molecule has 2 aromatic rings. The van der Waals surface area contributed by atoms with Gasteiger partial charge in [0, 0.05) is 24.1 Å². The summed E-state index contributed by atoms with van der Waals surface area (Å²) in [5.41, 5.74) is 2.50. The van der Waals surface area contributed by atoms with Gasteiger partial charge in [0.2, 0.25) is 0 Å². The number of halogens is 1. The Morgan fingerprint density at radius 3 is 2.89 bits per heavy atom. The van der Waals surface area contributed by atoms with E-state index in [-0.39, 0.29) is 0 Å². The fourth-order valence-corrected chi connectivity index (χ4v) is 3.03. The Labute approximate surface area is 115 Å². The van der Waals surface area contributed by atoms with Gasteiger partial charge in [0.25, 0.3) is 0 Å². The van der Waals surface area contributed by atoms with Crippen molar-refractivity contribution in [3.8, 4) is 0 Å². The Bertz CT molecular complexity index is 593. The summed E-state index contributed by atoms with van der Waals surface area (Å²) >= 11 is 3.49. The smallest absolute Gasteiger partial charge is 0.113 e. The molecule has 1 aromatic carbocycles. The molecular formula is C14H15BrN2O. The van der Waals surface area contributed by atoms with Crippen LogP contribution in [0.1, 0.15) is 23.2 Å². The van der Waals surface area contributed by atoms with Gasteiger partial charge >= 0.3 is 0 Å². The molecule has 1 atom stereocenters. The monoisotopic (exact) mass is 306 g/mol. The molecule has 0 saturated heterocycles. The summed E-state index contributed by atoms with van der Waals surface area (Å²) in [5.74, 6) is 0. The molecule has 0 fully saturated rings. The third-order valence-electron chi connectivity index (χ3n) is 3.65. The second-order valence-corrected chi connectivity index (χ2v) is 5.91. The second-order valence-electron chi connectivity index (χ2n) is 5.00. The van der Waals surface area contributed by atoms with Gasteiger partial charge in [-0.1, -0.05) is 22.0 Å². The predicted octanol–water partition coefficient (Wildman–Crippen LogP) is 2.56. The van der Waals surface area contributed by atoms with Crippen LogP contribution >= 0.6 is 15.9 Å². The van der Waals surface area contributed by atoms with Crippen molar-refractivity contribution in [2.75, 3.05) is 0 Å². The molecule has 1 aliphatic rings. The van der Waals surface area contributed by atoms with Crippen LogP contribution in [0.25, 0.3) is 0 Å². The van der Waals surface area contributed by atoms with E-state index in [9.17, 15) is 5.11 Å². The van der Waals surface area contributed by atoms with Crippen molar-refractivity contribution < 1.29 is 5.11 Å². The zero-order chi connectivity index (χ0) is 12.8. The number of aliphatic hydroxyl groups is 1. The van der Waals surface area contributed by atoms with Gasteiger partial charge in [-0.3, -0.25) is 4.68 Å². The van der Waals surface area contributed by atoms with Gasteiger partial charge in [-0.05, 0) is 42.2 Å². The van der Waals surface area contributed by atoms with E-state index in [1.54, 1.807) is 4.68 Å². The maximum Gasteiger partial charge on any atom is 0.113 e. The molecule has 0 saturated carbocycles. The lowest BCUT2D eigenvalue weighted by atomic mass is 9.79. The molecule has 1 aromatic heterocycles. The molecule has 4 heteroatoms. The molecule has 3 nitrogen and oxygen atoms in total. The molecule has 0 radical (unpaired) electrons. The summed E-state index contributed by atoms with van der Waals surface area (Å²) in [7, 11) is 1.88. The summed E-state index contributed by atoms with van der Waals surface area (Å²) in [6.07, 6.45) is 4.15. The van der Waals surface area contributed by atoms with Crippen molar-refractivity contribution >= 4 is 15.9 Å². The van der Waals surface area contributed by atoms with Crippen LogP contribution in [-0.4, -0.2) is 14.9 Å². The molecule has 0 aliphatic heterocycles. The minimum Gasteiger partial charge on any atom is -0.383 e. The topological polar surface area (TPSA) is 38.0 Å². The van der Waals surface area contributed by atoms with Crippen molar-refractivity contribution in [1.82, 2.24) is 9.78 Å². The number of aromatic nitrogens is 2. The van der Waals surface area contributed by atoms with Crippen molar-refractivity contribution in [1.29, 1.82) is 0 Å². The first kappa shape index (κ1) is 11.9. The van der Waals surface area contributed by atoms with Crippen LogP contribution in [-0.2, 0) is 25.5 Å². The summed E-state index contributed by atoms with van der Waals surface area (Å²) < 4.78 is 2.84. The Kier molecular flexibility index (Phi) is 2.79. The van der Waals surface area contributed by atoms with Crippen molar-refractivity contribution in [3.63, 3.8) is 0 Å². The molecule has 94 valence electrons. The van der Waals surface area contributed by atoms with E-state index in [4.69, 9.17) is 0 Å². The van der Waals surface area contributed by atoms with Gasteiger partial charge in [0.05, 0.1) is 5.69 Å². The lowest BCUT2D eigenvalue weighted by molar-refractivity contribution is 0.0174. The van der Waals surface area contributed by atoms with E-state index in [1.807, 2.05) is 25.4 Å². The van der Waals surface area contributed by atoms with Crippen LogP contribution in [0.4, 0.5) is 0 Å². The highest BCUT2D eigenvalue weighted by molar-refractivity contribution is 9.10. The van der Waals surface area contributed by atoms with Gasteiger partial charge in [-0.2, -0.15) is 5.10 Å². The maximum atomic E-state index is 10.8. The van der Waals surface area contributed by atoms with Crippen molar-refractivity contribution in [2.45, 2.75) is 24.9 Å². The van der Waals surface area contributed by atoms with Gasteiger partial charge in [-0.15, -0.1) is 0 Å². The Morgan fingerprint density at radius 2 is 2.17 bits per heavy atom. The fourth-order valence-electron chi connectivity index (χ4n) is 2.63. The molecular weight excluding hydrogens is 292 g/mol. The highest BCUT2D eigenvalue weighted by Crippen LogP contribution is 2.36. The Balaban J connectivity index is 1.96.